The van der Waals surface area contributed by atoms with Crippen LogP contribution in [0.2, 0.25) is 5.02 Å². The predicted octanol–water partition coefficient (Wildman–Crippen LogP) is 2.35. The van der Waals surface area contributed by atoms with Crippen LogP contribution in [0.1, 0.15) is 24.1 Å². The van der Waals surface area contributed by atoms with E-state index >= 15 is 0 Å². The third-order valence-corrected chi connectivity index (χ3v) is 5.32. The number of para-hydroxylation sites is 1. The number of esters is 1. The van der Waals surface area contributed by atoms with Crippen molar-refractivity contribution in [3.63, 3.8) is 0 Å². The number of halogens is 1. The van der Waals surface area contributed by atoms with Crippen LogP contribution in [-0.2, 0) is 20.7 Å². The number of nitrogens with one attached hydrogen (secondary N) is 2. The fraction of sp³-hybridized carbons (Fsp3) is 0.273. The van der Waals surface area contributed by atoms with Crippen LogP contribution in [-0.4, -0.2) is 36.6 Å². The number of quaternary nitrogens is 1. The van der Waals surface area contributed by atoms with Gasteiger partial charge in [0.05, 0.1) is 7.11 Å². The number of aromatic nitrogens is 1. The molecule has 0 bridgehead atoms. The van der Waals surface area contributed by atoms with E-state index in [0.717, 1.165) is 22.0 Å². The summed E-state index contributed by atoms with van der Waals surface area (Å²) in [6, 6.07) is 14.7. The van der Waals surface area contributed by atoms with Gasteiger partial charge in [-0.15, -0.1) is 0 Å². The van der Waals surface area contributed by atoms with Crippen LogP contribution in [0.25, 0.3) is 10.9 Å². The molecule has 0 aliphatic rings. The molecule has 2 atom stereocenters. The van der Waals surface area contributed by atoms with Crippen molar-refractivity contribution in [3.05, 3.63) is 70.9 Å². The first-order valence-electron chi connectivity index (χ1n) is 9.49. The number of ether oxygens (including phenoxy) is 1. The van der Waals surface area contributed by atoms with E-state index in [1.165, 1.54) is 7.11 Å². The molecule has 0 unspecified atom stereocenters. The molecule has 2 aromatic carbocycles. The summed E-state index contributed by atoms with van der Waals surface area (Å²) in [5, 5.41) is 6.38. The number of nitrogens with two attached hydrogens (primary N) is 1. The average Bonchev–Trinajstić information content (AvgIpc) is 3.14. The minimum absolute atomic E-state index is 0.0136. The molecule has 4 N–H and O–H groups in total. The number of amides is 1. The molecule has 6 nitrogen and oxygen atoms in total. The van der Waals surface area contributed by atoms with E-state index in [-0.39, 0.29) is 18.5 Å². The van der Waals surface area contributed by atoms with Gasteiger partial charge in [0.1, 0.15) is 12.1 Å². The van der Waals surface area contributed by atoms with E-state index < -0.39 is 12.0 Å². The number of methoxy groups -OCH3 is 1. The monoisotopic (exact) mass is 414 g/mol. The Labute approximate surface area is 174 Å². The van der Waals surface area contributed by atoms with Gasteiger partial charge in [-0.05, 0) is 24.6 Å². The number of carbonyl (C=O) groups is 2. The summed E-state index contributed by atoms with van der Waals surface area (Å²) in [5.41, 5.74) is 2.90. The van der Waals surface area contributed by atoms with Crippen molar-refractivity contribution in [2.24, 2.45) is 0 Å². The van der Waals surface area contributed by atoms with Crippen molar-refractivity contribution < 1.29 is 19.6 Å². The molecular weight excluding hydrogens is 390 g/mol. The van der Waals surface area contributed by atoms with Crippen molar-refractivity contribution in [3.8, 4) is 0 Å². The number of aromatic amines is 1. The molecule has 0 fully saturated rings. The minimum Gasteiger partial charge on any atom is -0.467 e. The van der Waals surface area contributed by atoms with Gasteiger partial charge in [0, 0.05) is 34.1 Å². The highest BCUT2D eigenvalue weighted by Crippen LogP contribution is 2.20. The van der Waals surface area contributed by atoms with Gasteiger partial charge in [0.15, 0.2) is 6.54 Å². The summed E-state index contributed by atoms with van der Waals surface area (Å²) in [4.78, 5) is 27.9. The fourth-order valence-electron chi connectivity index (χ4n) is 3.36. The quantitative estimate of drug-likeness (QED) is 0.494. The summed E-state index contributed by atoms with van der Waals surface area (Å²) < 4.78 is 4.89. The zero-order valence-electron chi connectivity index (χ0n) is 16.4. The molecule has 0 spiro atoms. The zero-order chi connectivity index (χ0) is 20.8. The normalized spacial score (nSPS) is 13.1. The Morgan fingerprint density at radius 2 is 1.90 bits per heavy atom. The van der Waals surface area contributed by atoms with Crippen molar-refractivity contribution in [1.82, 2.24) is 10.3 Å². The molecule has 1 aromatic heterocycles. The van der Waals surface area contributed by atoms with E-state index in [4.69, 9.17) is 16.3 Å². The molecule has 1 heterocycles. The van der Waals surface area contributed by atoms with E-state index in [0.29, 0.717) is 11.4 Å². The van der Waals surface area contributed by atoms with Crippen LogP contribution >= 0.6 is 11.6 Å². The summed E-state index contributed by atoms with van der Waals surface area (Å²) >= 11 is 6.22. The first-order valence-corrected chi connectivity index (χ1v) is 9.87. The van der Waals surface area contributed by atoms with Crippen molar-refractivity contribution in [2.45, 2.75) is 25.4 Å². The smallest absolute Gasteiger partial charge is 0.328 e. The molecule has 1 amide bonds. The number of benzene rings is 2. The fourth-order valence-corrected chi connectivity index (χ4v) is 3.67. The number of rotatable bonds is 8. The summed E-state index contributed by atoms with van der Waals surface area (Å²) in [7, 11) is 1.32. The van der Waals surface area contributed by atoms with Crippen LogP contribution in [0.3, 0.4) is 0 Å². The maximum absolute atomic E-state index is 12.5. The standard InChI is InChI=1S/C22H24ClN3O3/c1-14(16-7-3-5-9-18(16)23)24-13-21(27)26-20(22(28)29-2)11-15-12-25-19-10-6-4-8-17(15)19/h3-10,12,14,20,24-25H,11,13H2,1-2H3,(H,26,27)/p+1/t14-,20+/m0/s1. The highest BCUT2D eigenvalue weighted by Gasteiger charge is 2.24. The number of hydrogen-bond acceptors (Lipinski definition) is 3. The number of fused-ring (bicyclic) bond motifs is 1. The van der Waals surface area contributed by atoms with Gasteiger partial charge in [0.25, 0.3) is 5.91 Å². The van der Waals surface area contributed by atoms with Crippen molar-refractivity contribution in [1.29, 1.82) is 0 Å². The first-order chi connectivity index (χ1) is 14.0. The maximum atomic E-state index is 12.5. The molecule has 29 heavy (non-hydrogen) atoms. The lowest BCUT2D eigenvalue weighted by Gasteiger charge is -2.17. The SMILES string of the molecule is COC(=O)[C@@H](Cc1c[nH]c2ccccc12)NC(=O)C[NH2+][C@@H](C)c1ccccc1Cl. The van der Waals surface area contributed by atoms with Gasteiger partial charge in [0.2, 0.25) is 0 Å². The Morgan fingerprint density at radius 1 is 1.17 bits per heavy atom. The van der Waals surface area contributed by atoms with E-state index in [2.05, 4.69) is 10.3 Å². The Balaban J connectivity index is 1.63. The first kappa shape index (κ1) is 20.9. The Kier molecular flexibility index (Phi) is 6.90. The summed E-state index contributed by atoms with van der Waals surface area (Å²) in [5.74, 6) is -0.707. The molecule has 0 radical (unpaired) electrons. The second-order valence-electron chi connectivity index (χ2n) is 6.96. The molecule has 7 heteroatoms. The number of H-pyrrole nitrogens is 1. The molecule has 152 valence electrons. The van der Waals surface area contributed by atoms with Crippen LogP contribution in [0.15, 0.2) is 54.7 Å². The van der Waals surface area contributed by atoms with Gasteiger partial charge < -0.3 is 20.4 Å². The van der Waals surface area contributed by atoms with Crippen molar-refractivity contribution >= 4 is 34.4 Å². The molecule has 3 rings (SSSR count). The maximum Gasteiger partial charge on any atom is 0.328 e. The van der Waals surface area contributed by atoms with E-state index in [1.807, 2.05) is 67.0 Å². The highest BCUT2D eigenvalue weighted by atomic mass is 35.5. The predicted molar refractivity (Wildman–Crippen MR) is 113 cm³/mol. The van der Waals surface area contributed by atoms with Crippen molar-refractivity contribution in [2.75, 3.05) is 13.7 Å². The number of carbonyl (C=O) groups excluding carboxylic acids is 2. The lowest BCUT2D eigenvalue weighted by Crippen LogP contribution is -2.87. The third-order valence-electron chi connectivity index (χ3n) is 4.97. The van der Waals surface area contributed by atoms with E-state index in [9.17, 15) is 9.59 Å². The van der Waals surface area contributed by atoms with E-state index in [1.54, 1.807) is 0 Å². The van der Waals surface area contributed by atoms with Crippen LogP contribution in [0, 0.1) is 0 Å². The summed E-state index contributed by atoms with van der Waals surface area (Å²) in [6.07, 6.45) is 2.21. The third kappa shape index (κ3) is 5.16. The second kappa shape index (κ2) is 9.58. The Hall–Kier alpha value is -2.83. The molecule has 0 saturated heterocycles. The Bertz CT molecular complexity index is 1000. The largest absolute Gasteiger partial charge is 0.467 e. The van der Waals surface area contributed by atoms with Gasteiger partial charge >= 0.3 is 5.97 Å². The Morgan fingerprint density at radius 3 is 2.66 bits per heavy atom. The number of hydrogen-bond donors (Lipinski definition) is 3. The van der Waals surface area contributed by atoms with Crippen LogP contribution < -0.4 is 10.6 Å². The molecular formula is C22H25ClN3O3+. The zero-order valence-corrected chi connectivity index (χ0v) is 17.2. The molecule has 3 aromatic rings. The summed E-state index contributed by atoms with van der Waals surface area (Å²) in [6.45, 7) is 2.16. The second-order valence-corrected chi connectivity index (χ2v) is 7.36. The topological polar surface area (TPSA) is 87.8 Å². The van der Waals surface area contributed by atoms with Gasteiger partial charge in [-0.2, -0.15) is 0 Å². The van der Waals surface area contributed by atoms with Gasteiger partial charge in [-0.1, -0.05) is 48.0 Å². The van der Waals surface area contributed by atoms with Gasteiger partial charge in [-0.3, -0.25) is 4.79 Å². The van der Waals surface area contributed by atoms with Gasteiger partial charge in [-0.25, -0.2) is 4.79 Å². The molecule has 0 aliphatic carbocycles. The van der Waals surface area contributed by atoms with Crippen LogP contribution in [0.5, 0.6) is 0 Å². The van der Waals surface area contributed by atoms with Crippen LogP contribution in [0.4, 0.5) is 0 Å². The molecule has 0 saturated carbocycles. The lowest BCUT2D eigenvalue weighted by atomic mass is 10.0. The lowest BCUT2D eigenvalue weighted by molar-refractivity contribution is -0.682. The molecule has 0 aliphatic heterocycles. The minimum atomic E-state index is -0.754. The average molecular weight is 415 g/mol. The highest BCUT2D eigenvalue weighted by molar-refractivity contribution is 6.31.